The minimum absolute atomic E-state index is 0.101. The van der Waals surface area contributed by atoms with Gasteiger partial charge in [-0.1, -0.05) is 261 Å². The quantitative estimate of drug-likeness (QED) is 0.0222. The molecule has 84 heavy (non-hydrogen) atoms. The smallest absolute Gasteiger partial charge is 0.462 e. The van der Waals surface area contributed by atoms with Gasteiger partial charge in [0.15, 0.2) is 12.2 Å². The van der Waals surface area contributed by atoms with Crippen LogP contribution in [0.3, 0.4) is 0 Å². The highest BCUT2D eigenvalue weighted by Gasteiger charge is 2.30. The molecule has 0 radical (unpaired) electrons. The van der Waals surface area contributed by atoms with Gasteiger partial charge in [0.1, 0.15) is 19.3 Å². The zero-order valence-electron chi connectivity index (χ0n) is 54.5. The van der Waals surface area contributed by atoms with Crippen LogP contribution >= 0.6 is 15.6 Å². The van der Waals surface area contributed by atoms with Crippen molar-refractivity contribution in [3.63, 3.8) is 0 Å². The van der Waals surface area contributed by atoms with Crippen molar-refractivity contribution in [1.82, 2.24) is 0 Å². The van der Waals surface area contributed by atoms with E-state index in [1.165, 1.54) is 109 Å². The Bertz CT molecular complexity index is 1690. The monoisotopic (exact) mass is 1240 g/mol. The lowest BCUT2D eigenvalue weighted by molar-refractivity contribution is -0.161. The third kappa shape index (κ3) is 54.2. The molecule has 17 nitrogen and oxygen atoms in total. The number of hydrogen-bond donors (Lipinski definition) is 3. The molecule has 0 aromatic heterocycles. The van der Waals surface area contributed by atoms with Crippen LogP contribution in [-0.4, -0.2) is 96.7 Å². The molecule has 0 aromatic rings. The zero-order valence-corrected chi connectivity index (χ0v) is 56.3. The highest BCUT2D eigenvalue weighted by molar-refractivity contribution is 7.47. The lowest BCUT2D eigenvalue weighted by atomic mass is 9.99. The fourth-order valence-corrected chi connectivity index (χ4v) is 11.1. The molecule has 0 heterocycles. The van der Waals surface area contributed by atoms with Gasteiger partial charge in [0.25, 0.3) is 0 Å². The molecule has 0 aliphatic rings. The van der Waals surface area contributed by atoms with Crippen molar-refractivity contribution in [2.45, 2.75) is 331 Å². The molecule has 498 valence electrons. The Morgan fingerprint density at radius 1 is 0.321 bits per heavy atom. The average Bonchev–Trinajstić information content (AvgIpc) is 3.51. The minimum Gasteiger partial charge on any atom is -0.462 e. The third-order valence-electron chi connectivity index (χ3n) is 16.3. The van der Waals surface area contributed by atoms with Gasteiger partial charge >= 0.3 is 39.5 Å². The zero-order chi connectivity index (χ0) is 62.5. The first-order valence-electron chi connectivity index (χ1n) is 33.9. The lowest BCUT2D eigenvalue weighted by Crippen LogP contribution is -2.30. The topological polar surface area (TPSA) is 237 Å². The largest absolute Gasteiger partial charge is 0.472 e. The van der Waals surface area contributed by atoms with E-state index in [1.807, 2.05) is 0 Å². The summed E-state index contributed by atoms with van der Waals surface area (Å²) < 4.78 is 68.0. The molecular formula is C65H126O17P2. The summed E-state index contributed by atoms with van der Waals surface area (Å²) in [5, 5.41) is 10.5. The SMILES string of the molecule is CCC(C)CCCCCCCCCCCCC(=O)OC[C@H](COP(=O)(O)OC[C@@H](O)COP(=O)(O)OC[C@@H](COC(=O)CCCCCCCCC(C)CC)OC(=O)CCCCCCCCC(C)CC)OC(=O)CCCCCCCCC(C)CC. The van der Waals surface area contributed by atoms with Crippen LogP contribution in [0.15, 0.2) is 0 Å². The number of aliphatic hydroxyl groups is 1. The fraction of sp³-hybridized carbons (Fsp3) is 0.938. The number of carbonyl (C=O) groups excluding carboxylic acids is 4. The molecule has 9 atom stereocenters. The molecule has 0 saturated heterocycles. The van der Waals surface area contributed by atoms with Gasteiger partial charge in [-0.15, -0.1) is 0 Å². The standard InChI is InChI=1S/C65H126O17P2/c1-9-55(5)41-33-25-17-15-13-14-16-18-29-37-45-62(67)75-51-60(81-64(69)47-39-31-23-20-27-35-43-57(7)11-3)53-79-83(71,72)77-49-59(66)50-78-84(73,74)80-54-61(82-65(70)48-40-32-24-21-28-36-44-58(8)12-4)52-76-63(68)46-38-30-22-19-26-34-42-56(6)10-2/h55-61,66H,9-54H2,1-8H3,(H,71,72)(H,73,74)/t55?,56?,57?,58?,59-,60-,61-/m1/s1. The Balaban J connectivity index is 5.25. The van der Waals surface area contributed by atoms with E-state index in [0.29, 0.717) is 25.7 Å². The normalized spacial score (nSPS) is 15.7. The van der Waals surface area contributed by atoms with Gasteiger partial charge in [-0.2, -0.15) is 0 Å². The first kappa shape index (κ1) is 82.1. The van der Waals surface area contributed by atoms with E-state index < -0.39 is 97.5 Å². The maximum atomic E-state index is 13.0. The summed E-state index contributed by atoms with van der Waals surface area (Å²) in [6, 6.07) is 0. The molecule has 0 fully saturated rings. The molecule has 3 N–H and O–H groups in total. The first-order valence-corrected chi connectivity index (χ1v) is 36.8. The molecule has 0 spiro atoms. The molecule has 0 bridgehead atoms. The summed E-state index contributed by atoms with van der Waals surface area (Å²) in [4.78, 5) is 72.3. The number of unbranched alkanes of at least 4 members (excludes halogenated alkanes) is 24. The van der Waals surface area contributed by atoms with Crippen molar-refractivity contribution in [2.75, 3.05) is 39.6 Å². The second kappa shape index (κ2) is 55.2. The van der Waals surface area contributed by atoms with Crippen LogP contribution in [0, 0.1) is 23.7 Å². The summed E-state index contributed by atoms with van der Waals surface area (Å²) in [6.07, 6.45) is 34.9. The van der Waals surface area contributed by atoms with Gasteiger partial charge in [-0.25, -0.2) is 9.13 Å². The summed E-state index contributed by atoms with van der Waals surface area (Å²) in [5.41, 5.74) is 0. The van der Waals surface area contributed by atoms with Crippen molar-refractivity contribution in [1.29, 1.82) is 0 Å². The molecular weight excluding hydrogens is 1110 g/mol. The Morgan fingerprint density at radius 2 is 0.536 bits per heavy atom. The number of carbonyl (C=O) groups is 4. The van der Waals surface area contributed by atoms with Gasteiger partial charge in [0.2, 0.25) is 0 Å². The summed E-state index contributed by atoms with van der Waals surface area (Å²) in [6.45, 7) is 14.0. The minimum atomic E-state index is -4.95. The molecule has 6 unspecified atom stereocenters. The fourth-order valence-electron chi connectivity index (χ4n) is 9.48. The van der Waals surface area contributed by atoms with Crippen LogP contribution in [0.2, 0.25) is 0 Å². The van der Waals surface area contributed by atoms with Gasteiger partial charge < -0.3 is 33.8 Å². The molecule has 19 heteroatoms. The van der Waals surface area contributed by atoms with Crippen LogP contribution in [0.1, 0.15) is 312 Å². The Labute approximate surface area is 511 Å². The van der Waals surface area contributed by atoms with Crippen LogP contribution in [0.25, 0.3) is 0 Å². The lowest BCUT2D eigenvalue weighted by Gasteiger charge is -2.21. The number of aliphatic hydroxyl groups excluding tert-OH is 1. The van der Waals surface area contributed by atoms with Crippen LogP contribution < -0.4 is 0 Å². The van der Waals surface area contributed by atoms with Gasteiger partial charge in [-0.05, 0) is 49.4 Å². The van der Waals surface area contributed by atoms with Crippen molar-refractivity contribution in [3.05, 3.63) is 0 Å². The molecule has 0 saturated carbocycles. The van der Waals surface area contributed by atoms with Gasteiger partial charge in [0, 0.05) is 25.7 Å². The van der Waals surface area contributed by atoms with Crippen molar-refractivity contribution < 1.29 is 80.2 Å². The first-order chi connectivity index (χ1) is 40.2. The van der Waals surface area contributed by atoms with Crippen LogP contribution in [-0.2, 0) is 65.4 Å². The number of ether oxygens (including phenoxy) is 4. The predicted molar refractivity (Wildman–Crippen MR) is 335 cm³/mol. The average molecular weight is 1240 g/mol. The number of phosphoric acid groups is 2. The van der Waals surface area contributed by atoms with Crippen molar-refractivity contribution in [3.8, 4) is 0 Å². The third-order valence-corrected chi connectivity index (χ3v) is 18.2. The number of rotatable bonds is 62. The molecule has 0 amide bonds. The Morgan fingerprint density at radius 3 is 0.786 bits per heavy atom. The van der Waals surface area contributed by atoms with Crippen molar-refractivity contribution >= 4 is 39.5 Å². The van der Waals surface area contributed by atoms with E-state index in [2.05, 4.69) is 55.4 Å². The number of hydrogen-bond acceptors (Lipinski definition) is 15. The predicted octanol–water partition coefficient (Wildman–Crippen LogP) is 17.8. The maximum absolute atomic E-state index is 13.0. The van der Waals surface area contributed by atoms with E-state index in [1.54, 1.807) is 0 Å². The molecule has 0 rings (SSSR count). The van der Waals surface area contributed by atoms with E-state index in [-0.39, 0.29) is 25.7 Å². The van der Waals surface area contributed by atoms with Gasteiger partial charge in [0.05, 0.1) is 26.4 Å². The Kier molecular flexibility index (Phi) is 53.9. The highest BCUT2D eigenvalue weighted by atomic mass is 31.2. The van der Waals surface area contributed by atoms with E-state index in [0.717, 1.165) is 120 Å². The van der Waals surface area contributed by atoms with Crippen LogP contribution in [0.4, 0.5) is 0 Å². The second-order valence-electron chi connectivity index (χ2n) is 24.5. The van der Waals surface area contributed by atoms with E-state index in [9.17, 15) is 43.2 Å². The Hall–Kier alpha value is -1.94. The molecule has 0 aliphatic heterocycles. The maximum Gasteiger partial charge on any atom is 0.472 e. The summed E-state index contributed by atoms with van der Waals surface area (Å²) in [5.74, 6) is 0.838. The summed E-state index contributed by atoms with van der Waals surface area (Å²) in [7, 11) is -9.89. The molecule has 0 aliphatic carbocycles. The van der Waals surface area contributed by atoms with E-state index in [4.69, 9.17) is 37.0 Å². The van der Waals surface area contributed by atoms with E-state index >= 15 is 0 Å². The van der Waals surface area contributed by atoms with Crippen LogP contribution in [0.5, 0.6) is 0 Å². The molecule has 0 aromatic carbocycles. The summed E-state index contributed by atoms with van der Waals surface area (Å²) >= 11 is 0. The number of phosphoric ester groups is 2. The second-order valence-corrected chi connectivity index (χ2v) is 27.4. The highest BCUT2D eigenvalue weighted by Crippen LogP contribution is 2.45. The van der Waals surface area contributed by atoms with Gasteiger partial charge in [-0.3, -0.25) is 37.3 Å². The van der Waals surface area contributed by atoms with Crippen molar-refractivity contribution in [2.24, 2.45) is 23.7 Å². The number of esters is 4.